The quantitative estimate of drug-likeness (QED) is 0.848. The summed E-state index contributed by atoms with van der Waals surface area (Å²) in [7, 11) is 0. The lowest BCUT2D eigenvalue weighted by Crippen LogP contribution is -2.39. The molecule has 1 amide bonds. The Morgan fingerprint density at radius 3 is 2.50 bits per heavy atom. The zero-order valence-electron chi connectivity index (χ0n) is 12.6. The van der Waals surface area contributed by atoms with Gasteiger partial charge in [-0.05, 0) is 24.0 Å². The molecule has 0 aliphatic rings. The Morgan fingerprint density at radius 1 is 1.30 bits per heavy atom. The van der Waals surface area contributed by atoms with Gasteiger partial charge in [-0.1, -0.05) is 33.8 Å². The topological polar surface area (TPSA) is 64.3 Å². The molecule has 1 aromatic rings. The van der Waals surface area contributed by atoms with Gasteiger partial charge in [-0.3, -0.25) is 4.79 Å². The monoisotopic (exact) mass is 300 g/mol. The summed E-state index contributed by atoms with van der Waals surface area (Å²) < 4.78 is 5.62. The van der Waals surface area contributed by atoms with Crippen molar-refractivity contribution in [1.82, 2.24) is 0 Å². The van der Waals surface area contributed by atoms with Crippen LogP contribution in [0.25, 0.3) is 0 Å². The minimum absolute atomic E-state index is 0. The van der Waals surface area contributed by atoms with E-state index in [1.807, 2.05) is 38.1 Å². The van der Waals surface area contributed by atoms with Crippen LogP contribution in [0.4, 0.5) is 5.69 Å². The van der Waals surface area contributed by atoms with Crippen molar-refractivity contribution in [3.63, 3.8) is 0 Å². The van der Waals surface area contributed by atoms with Crippen molar-refractivity contribution in [2.45, 2.75) is 33.7 Å². The number of nitrogens with two attached hydrogens (primary N) is 1. The Labute approximate surface area is 127 Å². The number of anilines is 1. The van der Waals surface area contributed by atoms with Crippen LogP contribution in [0.5, 0.6) is 5.75 Å². The first kappa shape index (κ1) is 18.7. The second-order valence-corrected chi connectivity index (χ2v) is 5.49. The zero-order chi connectivity index (χ0) is 14.4. The Balaban J connectivity index is 0.00000361. The van der Waals surface area contributed by atoms with Gasteiger partial charge < -0.3 is 15.8 Å². The van der Waals surface area contributed by atoms with E-state index in [-0.39, 0.29) is 24.2 Å². The van der Waals surface area contributed by atoms with Crippen LogP contribution in [-0.2, 0) is 4.79 Å². The predicted molar refractivity (Wildman–Crippen MR) is 85.5 cm³/mol. The number of nitrogens with one attached hydrogen (secondary N) is 1. The van der Waals surface area contributed by atoms with Crippen LogP contribution in [0.15, 0.2) is 24.3 Å². The molecular formula is C15H25ClN2O2. The number of rotatable bonds is 6. The Morgan fingerprint density at radius 2 is 1.95 bits per heavy atom. The largest absolute Gasteiger partial charge is 0.493 e. The maximum atomic E-state index is 11.9. The third-order valence-corrected chi connectivity index (χ3v) is 2.71. The molecule has 0 saturated heterocycles. The molecule has 1 aromatic carbocycles. The van der Waals surface area contributed by atoms with E-state index in [4.69, 9.17) is 10.5 Å². The molecule has 0 unspecified atom stereocenters. The fourth-order valence-corrected chi connectivity index (χ4v) is 1.45. The molecule has 0 saturated carbocycles. The highest BCUT2D eigenvalue weighted by molar-refractivity contribution is 5.94. The minimum Gasteiger partial charge on any atom is -0.493 e. The van der Waals surface area contributed by atoms with Gasteiger partial charge >= 0.3 is 0 Å². The van der Waals surface area contributed by atoms with E-state index in [1.165, 1.54) is 0 Å². The zero-order valence-corrected chi connectivity index (χ0v) is 13.4. The van der Waals surface area contributed by atoms with Gasteiger partial charge in [0.25, 0.3) is 0 Å². The number of amides is 1. The highest BCUT2D eigenvalue weighted by Gasteiger charge is 2.17. The number of benzene rings is 1. The van der Waals surface area contributed by atoms with Gasteiger partial charge in [-0.15, -0.1) is 12.4 Å². The molecular weight excluding hydrogens is 276 g/mol. The average molecular weight is 301 g/mol. The number of hydrogen-bond acceptors (Lipinski definition) is 3. The van der Waals surface area contributed by atoms with Crippen LogP contribution in [0.1, 0.15) is 27.7 Å². The lowest BCUT2D eigenvalue weighted by atomic mass is 10.0. The second kappa shape index (κ2) is 8.82. The van der Waals surface area contributed by atoms with E-state index in [9.17, 15) is 4.79 Å². The van der Waals surface area contributed by atoms with Crippen LogP contribution in [-0.4, -0.2) is 18.6 Å². The summed E-state index contributed by atoms with van der Waals surface area (Å²) in [4.78, 5) is 11.9. The summed E-state index contributed by atoms with van der Waals surface area (Å²) in [5.41, 5.74) is 6.51. The van der Waals surface area contributed by atoms with E-state index in [0.29, 0.717) is 18.2 Å². The summed E-state index contributed by atoms with van der Waals surface area (Å²) in [6.07, 6.45) is 0. The molecule has 0 aliphatic heterocycles. The Hall–Kier alpha value is -1.26. The number of carbonyl (C=O) groups is 1. The van der Waals surface area contributed by atoms with E-state index in [2.05, 4.69) is 19.2 Å². The fraction of sp³-hybridized carbons (Fsp3) is 0.533. The average Bonchev–Trinajstić information content (AvgIpc) is 2.35. The summed E-state index contributed by atoms with van der Waals surface area (Å²) in [5.74, 6) is 1.16. The molecule has 3 N–H and O–H groups in total. The second-order valence-electron chi connectivity index (χ2n) is 5.49. The van der Waals surface area contributed by atoms with E-state index in [0.717, 1.165) is 5.75 Å². The molecule has 0 aliphatic carbocycles. The molecule has 1 rings (SSSR count). The summed E-state index contributed by atoms with van der Waals surface area (Å²) in [5, 5.41) is 2.81. The van der Waals surface area contributed by atoms with Crippen LogP contribution in [0.2, 0.25) is 0 Å². The molecule has 0 fully saturated rings. The van der Waals surface area contributed by atoms with E-state index in [1.54, 1.807) is 0 Å². The van der Waals surface area contributed by atoms with Crippen molar-refractivity contribution in [1.29, 1.82) is 0 Å². The Kier molecular flexibility index (Phi) is 8.26. The van der Waals surface area contributed by atoms with Crippen molar-refractivity contribution in [3.8, 4) is 5.75 Å². The molecule has 5 heteroatoms. The van der Waals surface area contributed by atoms with Crippen LogP contribution >= 0.6 is 12.4 Å². The lowest BCUT2D eigenvalue weighted by molar-refractivity contribution is -0.118. The summed E-state index contributed by atoms with van der Waals surface area (Å²) >= 11 is 0. The molecule has 0 radical (unpaired) electrons. The fourth-order valence-electron chi connectivity index (χ4n) is 1.45. The van der Waals surface area contributed by atoms with Gasteiger partial charge in [0.05, 0.1) is 12.6 Å². The molecule has 0 heterocycles. The van der Waals surface area contributed by atoms with Crippen molar-refractivity contribution in [2.75, 3.05) is 11.9 Å². The minimum atomic E-state index is -0.500. The molecule has 4 nitrogen and oxygen atoms in total. The standard InChI is InChI=1S/C15H24N2O2.ClH/c1-10(2)9-19-13-7-5-6-12(8-13)17-15(18)14(16)11(3)4;/h5-8,10-11,14H,9,16H2,1-4H3,(H,17,18);1H/t14-;/m1./s1. The maximum Gasteiger partial charge on any atom is 0.241 e. The van der Waals surface area contributed by atoms with Crippen LogP contribution in [0, 0.1) is 11.8 Å². The highest BCUT2D eigenvalue weighted by atomic mass is 35.5. The number of carbonyl (C=O) groups excluding carboxylic acids is 1. The summed E-state index contributed by atoms with van der Waals surface area (Å²) in [6, 6.07) is 6.87. The first-order chi connectivity index (χ1) is 8.90. The smallest absolute Gasteiger partial charge is 0.241 e. The molecule has 0 aromatic heterocycles. The van der Waals surface area contributed by atoms with Crippen molar-refractivity contribution in [2.24, 2.45) is 17.6 Å². The van der Waals surface area contributed by atoms with Gasteiger partial charge in [-0.2, -0.15) is 0 Å². The Bertz CT molecular complexity index is 422. The van der Waals surface area contributed by atoms with Gasteiger partial charge in [0.1, 0.15) is 5.75 Å². The van der Waals surface area contributed by atoms with E-state index >= 15 is 0 Å². The first-order valence-corrected chi connectivity index (χ1v) is 6.69. The molecule has 0 bridgehead atoms. The predicted octanol–water partition coefficient (Wildman–Crippen LogP) is 3.07. The third-order valence-electron chi connectivity index (χ3n) is 2.71. The third kappa shape index (κ3) is 6.26. The van der Waals surface area contributed by atoms with E-state index < -0.39 is 6.04 Å². The van der Waals surface area contributed by atoms with Crippen LogP contribution in [0.3, 0.4) is 0 Å². The number of ether oxygens (including phenoxy) is 1. The van der Waals surface area contributed by atoms with Crippen molar-refractivity contribution in [3.05, 3.63) is 24.3 Å². The van der Waals surface area contributed by atoms with Gasteiger partial charge in [0.2, 0.25) is 5.91 Å². The maximum absolute atomic E-state index is 11.9. The van der Waals surface area contributed by atoms with Crippen molar-refractivity contribution >= 4 is 24.0 Å². The highest BCUT2D eigenvalue weighted by Crippen LogP contribution is 2.18. The first-order valence-electron chi connectivity index (χ1n) is 6.69. The lowest BCUT2D eigenvalue weighted by Gasteiger charge is -2.16. The van der Waals surface area contributed by atoms with Crippen LogP contribution < -0.4 is 15.8 Å². The molecule has 0 spiro atoms. The molecule has 20 heavy (non-hydrogen) atoms. The molecule has 114 valence electrons. The number of halogens is 1. The van der Waals surface area contributed by atoms with Crippen molar-refractivity contribution < 1.29 is 9.53 Å². The summed E-state index contributed by atoms with van der Waals surface area (Å²) in [6.45, 7) is 8.68. The SMILES string of the molecule is CC(C)COc1cccc(NC(=O)[C@H](N)C(C)C)c1.Cl. The number of hydrogen-bond donors (Lipinski definition) is 2. The van der Waals surface area contributed by atoms with Gasteiger partial charge in [-0.25, -0.2) is 0 Å². The normalized spacial score (nSPS) is 11.9. The van der Waals surface area contributed by atoms with Gasteiger partial charge in [0, 0.05) is 11.8 Å². The van der Waals surface area contributed by atoms with Gasteiger partial charge in [0.15, 0.2) is 0 Å². The molecule has 1 atom stereocenters.